The zero-order chi connectivity index (χ0) is 16.3. The Balaban J connectivity index is 1.62. The minimum atomic E-state index is -0.111. The maximum atomic E-state index is 6.07. The van der Waals surface area contributed by atoms with Crippen LogP contribution in [-0.4, -0.2) is 25.3 Å². The number of benzene rings is 1. The number of rotatable bonds is 4. The summed E-state index contributed by atoms with van der Waals surface area (Å²) in [6, 6.07) is 6.57. The summed E-state index contributed by atoms with van der Waals surface area (Å²) in [6.07, 6.45) is 6.30. The van der Waals surface area contributed by atoms with Gasteiger partial charge in [0, 0.05) is 11.5 Å². The van der Waals surface area contributed by atoms with Crippen LogP contribution in [0.25, 0.3) is 0 Å². The fourth-order valence-corrected chi connectivity index (χ4v) is 3.19. The van der Waals surface area contributed by atoms with Crippen LogP contribution in [-0.2, 0) is 5.41 Å². The number of guanidine groups is 1. The van der Waals surface area contributed by atoms with Crippen molar-refractivity contribution in [3.05, 3.63) is 23.8 Å². The third-order valence-electron chi connectivity index (χ3n) is 4.76. The van der Waals surface area contributed by atoms with Crippen LogP contribution < -0.4 is 20.5 Å². The molecule has 0 saturated heterocycles. The smallest absolute Gasteiger partial charge is 0.231 e. The minimum absolute atomic E-state index is 0.111. The zero-order valence-electron chi connectivity index (χ0n) is 14.1. The van der Waals surface area contributed by atoms with Gasteiger partial charge in [-0.15, -0.1) is 0 Å². The summed E-state index contributed by atoms with van der Waals surface area (Å²) < 4.78 is 10.8. The number of ether oxygens (including phenoxy) is 2. The van der Waals surface area contributed by atoms with Gasteiger partial charge >= 0.3 is 0 Å². The van der Waals surface area contributed by atoms with Crippen molar-refractivity contribution < 1.29 is 9.47 Å². The molecule has 1 aliphatic heterocycles. The Labute approximate surface area is 138 Å². The Bertz CT molecular complexity index is 578. The summed E-state index contributed by atoms with van der Waals surface area (Å²) >= 11 is 0. The molecule has 1 heterocycles. The molecule has 0 bridgehead atoms. The second kappa shape index (κ2) is 6.69. The Kier molecular flexibility index (Phi) is 4.64. The van der Waals surface area contributed by atoms with Gasteiger partial charge in [0.25, 0.3) is 0 Å². The molecule has 1 aromatic carbocycles. The van der Waals surface area contributed by atoms with Gasteiger partial charge in [-0.1, -0.05) is 39.2 Å². The van der Waals surface area contributed by atoms with Crippen molar-refractivity contribution in [2.45, 2.75) is 57.4 Å². The van der Waals surface area contributed by atoms with Gasteiger partial charge in [-0.25, -0.2) is 0 Å². The monoisotopic (exact) mass is 317 g/mol. The van der Waals surface area contributed by atoms with Crippen molar-refractivity contribution in [3.8, 4) is 11.5 Å². The molecule has 3 rings (SSSR count). The van der Waals surface area contributed by atoms with Gasteiger partial charge in [-0.3, -0.25) is 4.99 Å². The van der Waals surface area contributed by atoms with Crippen LogP contribution in [0.3, 0.4) is 0 Å². The lowest BCUT2D eigenvalue weighted by Gasteiger charge is -2.25. The van der Waals surface area contributed by atoms with Gasteiger partial charge in [0.1, 0.15) is 0 Å². The van der Waals surface area contributed by atoms with Gasteiger partial charge in [0.05, 0.1) is 6.54 Å². The van der Waals surface area contributed by atoms with Crippen LogP contribution in [0.2, 0.25) is 0 Å². The lowest BCUT2D eigenvalue weighted by molar-refractivity contribution is 0.174. The van der Waals surface area contributed by atoms with Crippen LogP contribution >= 0.6 is 0 Å². The fourth-order valence-electron chi connectivity index (χ4n) is 3.19. The molecule has 0 unspecified atom stereocenters. The molecule has 0 radical (unpaired) electrons. The van der Waals surface area contributed by atoms with Crippen molar-refractivity contribution in [1.29, 1.82) is 0 Å². The fraction of sp³-hybridized carbons (Fsp3) is 0.611. The average Bonchev–Trinajstić information content (AvgIpc) is 3.02. The van der Waals surface area contributed by atoms with E-state index in [0.717, 1.165) is 11.5 Å². The van der Waals surface area contributed by atoms with E-state index in [0.29, 0.717) is 25.3 Å². The maximum absolute atomic E-state index is 6.07. The third kappa shape index (κ3) is 3.89. The molecule has 23 heavy (non-hydrogen) atoms. The number of aliphatic imine (C=N–C) groups is 1. The first kappa shape index (κ1) is 16.0. The van der Waals surface area contributed by atoms with E-state index in [2.05, 4.69) is 30.2 Å². The molecule has 0 amide bonds. The highest BCUT2D eigenvalue weighted by Gasteiger charge is 2.24. The molecule has 3 N–H and O–H groups in total. The molecule has 0 aromatic heterocycles. The van der Waals surface area contributed by atoms with Gasteiger partial charge in [0.2, 0.25) is 6.79 Å². The number of nitrogens with zero attached hydrogens (tertiary/aromatic N) is 1. The molecule has 5 heteroatoms. The van der Waals surface area contributed by atoms with Gasteiger partial charge in [-0.05, 0) is 30.5 Å². The van der Waals surface area contributed by atoms with Crippen LogP contribution in [0.1, 0.15) is 51.5 Å². The number of fused-ring (bicyclic) bond motifs is 1. The molecule has 0 spiro atoms. The van der Waals surface area contributed by atoms with Crippen LogP contribution in [0.5, 0.6) is 11.5 Å². The predicted octanol–water partition coefficient (Wildman–Crippen LogP) is 2.93. The quantitative estimate of drug-likeness (QED) is 0.662. The lowest BCUT2D eigenvalue weighted by Crippen LogP contribution is -2.41. The van der Waals surface area contributed by atoms with Gasteiger partial charge in [0.15, 0.2) is 17.5 Å². The predicted molar refractivity (Wildman–Crippen MR) is 92.1 cm³/mol. The topological polar surface area (TPSA) is 68.9 Å². The van der Waals surface area contributed by atoms with E-state index in [1.54, 1.807) is 0 Å². The van der Waals surface area contributed by atoms with E-state index in [4.69, 9.17) is 15.2 Å². The van der Waals surface area contributed by atoms with E-state index >= 15 is 0 Å². The molecule has 1 aromatic rings. The second-order valence-corrected chi connectivity index (χ2v) is 7.13. The highest BCUT2D eigenvalue weighted by Crippen LogP contribution is 2.36. The summed E-state index contributed by atoms with van der Waals surface area (Å²) in [5.41, 5.74) is 7.14. The molecule has 2 aliphatic rings. The van der Waals surface area contributed by atoms with Crippen LogP contribution in [0, 0.1) is 0 Å². The molecule has 1 saturated carbocycles. The Morgan fingerprint density at radius 3 is 2.74 bits per heavy atom. The maximum Gasteiger partial charge on any atom is 0.231 e. The first-order valence-corrected chi connectivity index (χ1v) is 8.51. The minimum Gasteiger partial charge on any atom is -0.454 e. The van der Waals surface area contributed by atoms with E-state index < -0.39 is 0 Å². The Hall–Kier alpha value is -1.91. The molecular weight excluding hydrogens is 290 g/mol. The summed E-state index contributed by atoms with van der Waals surface area (Å²) in [7, 11) is 0. The van der Waals surface area contributed by atoms with E-state index in [-0.39, 0.29) is 5.41 Å². The number of hydrogen-bond acceptors (Lipinski definition) is 3. The lowest BCUT2D eigenvalue weighted by atomic mass is 9.84. The highest BCUT2D eigenvalue weighted by atomic mass is 16.7. The first-order valence-electron chi connectivity index (χ1n) is 8.51. The zero-order valence-corrected chi connectivity index (χ0v) is 14.1. The van der Waals surface area contributed by atoms with Gasteiger partial charge < -0.3 is 20.5 Å². The largest absolute Gasteiger partial charge is 0.454 e. The molecule has 1 aliphatic carbocycles. The summed E-state index contributed by atoms with van der Waals surface area (Å²) in [6.45, 7) is 5.28. The standard InChI is InChI=1S/C18H27N3O2/c1-18(2,13-8-9-15-16(10-13)23-12-22-15)11-20-17(19)21-14-6-4-3-5-7-14/h8-10,14H,3-7,11-12H2,1-2H3,(H3,19,20,21). The first-order chi connectivity index (χ1) is 11.0. The van der Waals surface area contributed by atoms with E-state index in [1.165, 1.54) is 37.7 Å². The third-order valence-corrected chi connectivity index (χ3v) is 4.76. The SMILES string of the molecule is CC(C)(CN=C(N)NC1CCCCC1)c1ccc2c(c1)OCO2. The van der Waals surface area contributed by atoms with Crippen molar-refractivity contribution in [3.63, 3.8) is 0 Å². The van der Waals surface area contributed by atoms with Crippen molar-refractivity contribution in [2.24, 2.45) is 10.7 Å². The van der Waals surface area contributed by atoms with Crippen molar-refractivity contribution >= 4 is 5.96 Å². The molecule has 126 valence electrons. The Morgan fingerprint density at radius 1 is 1.22 bits per heavy atom. The number of nitrogens with one attached hydrogen (secondary N) is 1. The van der Waals surface area contributed by atoms with E-state index in [1.807, 2.05) is 12.1 Å². The van der Waals surface area contributed by atoms with Gasteiger partial charge in [-0.2, -0.15) is 0 Å². The normalized spacial score (nSPS) is 19.0. The summed E-state index contributed by atoms with van der Waals surface area (Å²) in [5.74, 6) is 2.19. The van der Waals surface area contributed by atoms with Crippen molar-refractivity contribution in [1.82, 2.24) is 5.32 Å². The number of hydrogen-bond donors (Lipinski definition) is 2. The van der Waals surface area contributed by atoms with E-state index in [9.17, 15) is 0 Å². The average molecular weight is 317 g/mol. The van der Waals surface area contributed by atoms with Crippen molar-refractivity contribution in [2.75, 3.05) is 13.3 Å². The summed E-state index contributed by atoms with van der Waals surface area (Å²) in [5, 5.41) is 3.37. The molecule has 5 nitrogen and oxygen atoms in total. The highest BCUT2D eigenvalue weighted by molar-refractivity contribution is 5.78. The summed E-state index contributed by atoms with van der Waals surface area (Å²) in [4.78, 5) is 4.57. The molecule has 0 atom stereocenters. The molecular formula is C18H27N3O2. The van der Waals surface area contributed by atoms with Crippen LogP contribution in [0.4, 0.5) is 0 Å². The second-order valence-electron chi connectivity index (χ2n) is 7.13. The van der Waals surface area contributed by atoms with Crippen LogP contribution in [0.15, 0.2) is 23.2 Å². The Morgan fingerprint density at radius 2 is 1.96 bits per heavy atom. The molecule has 1 fully saturated rings. The number of nitrogens with two attached hydrogens (primary N) is 1.